The van der Waals surface area contributed by atoms with E-state index in [4.69, 9.17) is 0 Å². The second kappa shape index (κ2) is 8.00. The molecule has 3 rings (SSSR count). The number of hydrogen-bond acceptors (Lipinski definition) is 3. The Morgan fingerprint density at radius 3 is 2.86 bits per heavy atom. The molecule has 0 spiro atoms. The molecule has 5 heteroatoms. The van der Waals surface area contributed by atoms with Gasteiger partial charge in [-0.25, -0.2) is 0 Å². The Morgan fingerprint density at radius 1 is 1.43 bits per heavy atom. The summed E-state index contributed by atoms with van der Waals surface area (Å²) in [6.07, 6.45) is 7.36. The molecule has 0 amide bonds. The van der Waals surface area contributed by atoms with Gasteiger partial charge in [0.15, 0.2) is 0 Å². The van der Waals surface area contributed by atoms with Crippen molar-refractivity contribution in [2.75, 3.05) is 6.61 Å². The number of aromatic amines is 2. The Labute approximate surface area is 168 Å². The van der Waals surface area contributed by atoms with Gasteiger partial charge in [0, 0.05) is 34.6 Å². The molecule has 0 bridgehead atoms. The first kappa shape index (κ1) is 20.5. The van der Waals surface area contributed by atoms with Gasteiger partial charge in [0.1, 0.15) is 5.69 Å². The van der Waals surface area contributed by atoms with Crippen molar-refractivity contribution >= 4 is 6.08 Å². The van der Waals surface area contributed by atoms with Crippen LogP contribution in [0.2, 0.25) is 0 Å². The van der Waals surface area contributed by atoms with Crippen LogP contribution in [0.3, 0.4) is 0 Å². The molecule has 0 aliphatic heterocycles. The standard InChI is InChI=1S/C23H34N4O/c1-14(13-28)24-15(2)17-7-8-18-12-21(25-20(18)11-17)22-19(16(3)26-27-22)9-10-23(4,5)6/h7-8,12,14,17,24-25,28H,2,9-11,13H2,1,3-6H3,(H,26,27). The molecule has 2 atom stereocenters. The number of nitrogens with one attached hydrogen (secondary N) is 3. The van der Waals surface area contributed by atoms with Gasteiger partial charge >= 0.3 is 0 Å². The normalized spacial score (nSPS) is 17.4. The zero-order valence-corrected chi connectivity index (χ0v) is 17.8. The molecular weight excluding hydrogens is 348 g/mol. The summed E-state index contributed by atoms with van der Waals surface area (Å²) >= 11 is 0. The van der Waals surface area contributed by atoms with Crippen molar-refractivity contribution < 1.29 is 5.11 Å². The SMILES string of the molecule is C=C(NC(C)CO)C1C=Cc2cc(-c3n[nH]c(C)c3CCC(C)(C)C)[nH]c2C1. The van der Waals surface area contributed by atoms with Crippen LogP contribution in [0.5, 0.6) is 0 Å². The van der Waals surface area contributed by atoms with E-state index in [0.717, 1.165) is 42.0 Å². The fourth-order valence-electron chi connectivity index (χ4n) is 3.66. The van der Waals surface area contributed by atoms with E-state index < -0.39 is 0 Å². The number of fused-ring (bicyclic) bond motifs is 1. The van der Waals surface area contributed by atoms with E-state index in [-0.39, 0.29) is 18.6 Å². The Hall–Kier alpha value is -2.27. The predicted octanol–water partition coefficient (Wildman–Crippen LogP) is 4.36. The van der Waals surface area contributed by atoms with Crippen LogP contribution in [-0.4, -0.2) is 32.9 Å². The van der Waals surface area contributed by atoms with Gasteiger partial charge in [-0.2, -0.15) is 5.10 Å². The molecule has 2 unspecified atom stereocenters. The topological polar surface area (TPSA) is 76.7 Å². The van der Waals surface area contributed by atoms with Crippen LogP contribution in [0, 0.1) is 18.3 Å². The molecule has 2 aromatic heterocycles. The second-order valence-corrected chi connectivity index (χ2v) is 9.28. The van der Waals surface area contributed by atoms with Crippen LogP contribution in [0.1, 0.15) is 56.6 Å². The molecule has 2 aromatic rings. The second-order valence-electron chi connectivity index (χ2n) is 9.28. The minimum absolute atomic E-state index is 0.0129. The fraction of sp³-hybridized carbons (Fsp3) is 0.522. The minimum Gasteiger partial charge on any atom is -0.394 e. The maximum atomic E-state index is 9.25. The number of aromatic nitrogens is 3. The molecule has 1 aliphatic rings. The highest BCUT2D eigenvalue weighted by Crippen LogP contribution is 2.33. The highest BCUT2D eigenvalue weighted by molar-refractivity contribution is 5.68. The Morgan fingerprint density at radius 2 is 2.18 bits per heavy atom. The van der Waals surface area contributed by atoms with Crippen molar-refractivity contribution in [2.45, 2.75) is 59.9 Å². The van der Waals surface area contributed by atoms with Crippen LogP contribution < -0.4 is 5.32 Å². The molecule has 0 fully saturated rings. The van der Waals surface area contributed by atoms with Crippen LogP contribution in [0.4, 0.5) is 0 Å². The van der Waals surface area contributed by atoms with Crippen LogP contribution in [-0.2, 0) is 12.8 Å². The molecule has 0 saturated carbocycles. The smallest absolute Gasteiger partial charge is 0.112 e. The van der Waals surface area contributed by atoms with E-state index in [9.17, 15) is 5.11 Å². The van der Waals surface area contributed by atoms with Gasteiger partial charge < -0.3 is 15.4 Å². The molecule has 0 aromatic carbocycles. The molecule has 152 valence electrons. The Balaban J connectivity index is 1.79. The van der Waals surface area contributed by atoms with E-state index in [2.05, 4.69) is 73.0 Å². The molecule has 28 heavy (non-hydrogen) atoms. The average molecular weight is 383 g/mol. The van der Waals surface area contributed by atoms with Gasteiger partial charge in [-0.05, 0) is 50.2 Å². The summed E-state index contributed by atoms with van der Waals surface area (Å²) in [5.74, 6) is 0.217. The van der Waals surface area contributed by atoms with Crippen molar-refractivity contribution in [2.24, 2.45) is 11.3 Å². The number of hydrogen-bond donors (Lipinski definition) is 4. The maximum Gasteiger partial charge on any atom is 0.112 e. The molecular formula is C23H34N4O. The van der Waals surface area contributed by atoms with E-state index in [0.29, 0.717) is 5.41 Å². The summed E-state index contributed by atoms with van der Waals surface area (Å²) in [5.41, 5.74) is 8.23. The predicted molar refractivity (Wildman–Crippen MR) is 116 cm³/mol. The molecule has 0 radical (unpaired) electrons. The summed E-state index contributed by atoms with van der Waals surface area (Å²) in [6.45, 7) is 15.2. The van der Waals surface area contributed by atoms with Gasteiger partial charge in [-0.1, -0.05) is 39.5 Å². The third-order valence-corrected chi connectivity index (χ3v) is 5.47. The molecule has 4 N–H and O–H groups in total. The summed E-state index contributed by atoms with van der Waals surface area (Å²) < 4.78 is 0. The van der Waals surface area contributed by atoms with Crippen LogP contribution >= 0.6 is 0 Å². The first-order chi connectivity index (χ1) is 13.2. The lowest BCUT2D eigenvalue weighted by atomic mass is 9.88. The third kappa shape index (κ3) is 4.58. The lowest BCUT2D eigenvalue weighted by molar-refractivity contribution is 0.256. The number of rotatable bonds is 7. The van der Waals surface area contributed by atoms with Crippen molar-refractivity contribution in [3.05, 3.63) is 46.9 Å². The van der Waals surface area contributed by atoms with Crippen molar-refractivity contribution in [1.82, 2.24) is 20.5 Å². The summed E-state index contributed by atoms with van der Waals surface area (Å²) in [6, 6.07) is 2.21. The van der Waals surface area contributed by atoms with E-state index in [1.54, 1.807) is 0 Å². The van der Waals surface area contributed by atoms with Crippen molar-refractivity contribution in [3.63, 3.8) is 0 Å². The lowest BCUT2D eigenvalue weighted by Crippen LogP contribution is -2.31. The van der Waals surface area contributed by atoms with Crippen LogP contribution in [0.15, 0.2) is 24.4 Å². The largest absolute Gasteiger partial charge is 0.394 e. The quantitative estimate of drug-likeness (QED) is 0.575. The Kier molecular flexibility index (Phi) is 5.84. The van der Waals surface area contributed by atoms with E-state index in [1.807, 2.05) is 6.92 Å². The van der Waals surface area contributed by atoms with Crippen molar-refractivity contribution in [3.8, 4) is 11.4 Å². The maximum absolute atomic E-state index is 9.25. The third-order valence-electron chi connectivity index (χ3n) is 5.47. The van der Waals surface area contributed by atoms with E-state index >= 15 is 0 Å². The number of H-pyrrole nitrogens is 2. The molecule has 2 heterocycles. The monoisotopic (exact) mass is 382 g/mol. The molecule has 5 nitrogen and oxygen atoms in total. The average Bonchev–Trinajstić information content (AvgIpc) is 3.21. The first-order valence-corrected chi connectivity index (χ1v) is 10.2. The zero-order valence-electron chi connectivity index (χ0n) is 17.8. The number of aliphatic hydroxyl groups excluding tert-OH is 1. The molecule has 1 aliphatic carbocycles. The summed E-state index contributed by atoms with van der Waals surface area (Å²) in [5, 5.41) is 20.3. The highest BCUT2D eigenvalue weighted by atomic mass is 16.3. The van der Waals surface area contributed by atoms with E-state index in [1.165, 1.54) is 16.8 Å². The number of allylic oxidation sites excluding steroid dienone is 1. The molecule has 0 saturated heterocycles. The highest BCUT2D eigenvalue weighted by Gasteiger charge is 2.22. The number of aliphatic hydroxyl groups is 1. The van der Waals surface area contributed by atoms with Crippen LogP contribution in [0.25, 0.3) is 17.5 Å². The Bertz CT molecular complexity index is 866. The van der Waals surface area contributed by atoms with Gasteiger partial charge in [-0.3, -0.25) is 5.10 Å². The lowest BCUT2D eigenvalue weighted by Gasteiger charge is -2.23. The summed E-state index contributed by atoms with van der Waals surface area (Å²) in [7, 11) is 0. The van der Waals surface area contributed by atoms with Gasteiger partial charge in [-0.15, -0.1) is 0 Å². The number of aryl methyl sites for hydroxylation is 1. The van der Waals surface area contributed by atoms with Gasteiger partial charge in [0.05, 0.1) is 12.3 Å². The van der Waals surface area contributed by atoms with Crippen molar-refractivity contribution in [1.29, 1.82) is 0 Å². The first-order valence-electron chi connectivity index (χ1n) is 10.2. The fourth-order valence-corrected chi connectivity index (χ4v) is 3.66. The minimum atomic E-state index is 0.0129. The van der Waals surface area contributed by atoms with Gasteiger partial charge in [0.25, 0.3) is 0 Å². The van der Waals surface area contributed by atoms with Gasteiger partial charge in [0.2, 0.25) is 0 Å². The number of nitrogens with zero attached hydrogens (tertiary/aromatic N) is 1. The summed E-state index contributed by atoms with van der Waals surface area (Å²) in [4.78, 5) is 3.60. The zero-order chi connectivity index (χ0) is 20.5.